The fourth-order valence-electron chi connectivity index (χ4n) is 1.35. The Kier molecular flexibility index (Phi) is 4.38. The molecule has 2 aromatic rings. The van der Waals surface area contributed by atoms with Gasteiger partial charge in [-0.2, -0.15) is 8.75 Å². The van der Waals surface area contributed by atoms with Gasteiger partial charge in [-0.25, -0.2) is 0 Å². The molecule has 18 heavy (non-hydrogen) atoms. The molecule has 0 aliphatic rings. The summed E-state index contributed by atoms with van der Waals surface area (Å²) in [6.07, 6.45) is 1.17. The number of nitrogens with one attached hydrogen (secondary N) is 1. The van der Waals surface area contributed by atoms with Gasteiger partial charge in [-0.1, -0.05) is 24.6 Å². The van der Waals surface area contributed by atoms with Gasteiger partial charge in [-0.05, 0) is 25.5 Å². The van der Waals surface area contributed by atoms with E-state index in [9.17, 15) is 0 Å². The molecule has 0 radical (unpaired) electrons. The predicted molar refractivity (Wildman–Crippen MR) is 75.0 cm³/mol. The Hall–Kier alpha value is -1.33. The summed E-state index contributed by atoms with van der Waals surface area (Å²) in [5.74, 6) is 1.40. The molecule has 0 bridgehead atoms. The van der Waals surface area contributed by atoms with Gasteiger partial charge >= 0.3 is 0 Å². The van der Waals surface area contributed by atoms with E-state index < -0.39 is 0 Å². The minimum absolute atomic E-state index is 0.199. The molecule has 1 heterocycles. The van der Waals surface area contributed by atoms with Gasteiger partial charge in [0.05, 0.1) is 17.8 Å². The Labute approximate surface area is 115 Å². The fourth-order valence-corrected chi connectivity index (χ4v) is 2.00. The number of rotatable bonds is 5. The molecule has 6 heteroatoms. The quantitative estimate of drug-likeness (QED) is 0.897. The van der Waals surface area contributed by atoms with Crippen molar-refractivity contribution in [2.75, 3.05) is 5.32 Å². The fraction of sp³-hybridized carbons (Fsp3) is 0.333. The molecule has 0 saturated carbocycles. The number of ether oxygens (including phenoxy) is 1. The number of benzene rings is 1. The van der Waals surface area contributed by atoms with Crippen molar-refractivity contribution >= 4 is 34.8 Å². The highest BCUT2D eigenvalue weighted by Crippen LogP contribution is 2.25. The molecule has 1 atom stereocenters. The summed E-state index contributed by atoms with van der Waals surface area (Å²) in [5, 5.41) is 3.49. The van der Waals surface area contributed by atoms with E-state index in [0.29, 0.717) is 11.0 Å². The van der Waals surface area contributed by atoms with Crippen molar-refractivity contribution in [3.05, 3.63) is 29.4 Å². The third kappa shape index (κ3) is 3.34. The smallest absolute Gasteiger partial charge is 0.187 e. The van der Waals surface area contributed by atoms with Gasteiger partial charge in [0.15, 0.2) is 11.0 Å². The molecule has 0 aliphatic carbocycles. The first-order valence-electron chi connectivity index (χ1n) is 5.71. The summed E-state index contributed by atoms with van der Waals surface area (Å²) in [4.78, 5) is 0. The average molecular weight is 284 g/mol. The number of aromatic nitrogens is 2. The van der Waals surface area contributed by atoms with Gasteiger partial charge in [0.2, 0.25) is 0 Å². The molecule has 0 amide bonds. The van der Waals surface area contributed by atoms with E-state index in [2.05, 4.69) is 21.0 Å². The second kappa shape index (κ2) is 6.02. The predicted octanol–water partition coefficient (Wildman–Crippen LogP) is 4.11. The largest absolute Gasteiger partial charge is 0.491 e. The van der Waals surface area contributed by atoms with Crippen molar-refractivity contribution in [3.8, 4) is 5.75 Å². The van der Waals surface area contributed by atoms with E-state index in [4.69, 9.17) is 16.3 Å². The van der Waals surface area contributed by atoms with Crippen LogP contribution in [-0.2, 0) is 0 Å². The lowest BCUT2D eigenvalue weighted by Gasteiger charge is -2.13. The normalized spacial score (nSPS) is 12.2. The molecule has 0 aliphatic heterocycles. The first-order valence-corrected chi connectivity index (χ1v) is 6.81. The van der Waals surface area contributed by atoms with Gasteiger partial charge in [-0.3, -0.25) is 0 Å². The van der Waals surface area contributed by atoms with Crippen LogP contribution in [0.5, 0.6) is 5.75 Å². The highest BCUT2D eigenvalue weighted by Gasteiger charge is 2.06. The molecule has 1 aromatic heterocycles. The maximum absolute atomic E-state index is 5.88. The monoisotopic (exact) mass is 283 g/mol. The zero-order valence-electron chi connectivity index (χ0n) is 10.2. The summed E-state index contributed by atoms with van der Waals surface area (Å²) in [7, 11) is 0. The van der Waals surface area contributed by atoms with Crippen LogP contribution < -0.4 is 10.1 Å². The summed E-state index contributed by atoms with van der Waals surface area (Å²) in [5.41, 5.74) is 0.880. The van der Waals surface area contributed by atoms with Crippen LogP contribution in [0, 0.1) is 0 Å². The molecular weight excluding hydrogens is 270 g/mol. The van der Waals surface area contributed by atoms with Crippen molar-refractivity contribution < 1.29 is 4.74 Å². The topological polar surface area (TPSA) is 47.0 Å². The second-order valence-corrected chi connectivity index (χ2v) is 4.78. The van der Waals surface area contributed by atoms with Crippen molar-refractivity contribution in [1.82, 2.24) is 8.75 Å². The molecule has 4 nitrogen and oxygen atoms in total. The van der Waals surface area contributed by atoms with Crippen LogP contribution in [0.4, 0.5) is 11.5 Å². The number of nitrogens with zero attached hydrogens (tertiary/aromatic N) is 2. The minimum atomic E-state index is 0.199. The Bertz CT molecular complexity index is 518. The van der Waals surface area contributed by atoms with Crippen LogP contribution in [0.15, 0.2) is 24.3 Å². The molecule has 0 spiro atoms. The third-order valence-corrected chi connectivity index (χ3v) is 3.35. The van der Waals surface area contributed by atoms with Crippen molar-refractivity contribution in [2.45, 2.75) is 26.4 Å². The lowest BCUT2D eigenvalue weighted by atomic mass is 10.3. The Balaban J connectivity index is 2.10. The third-order valence-electron chi connectivity index (χ3n) is 2.46. The standard InChI is InChI=1S/C12H14ClN3OS/c1-3-8(2)17-10-6-4-5-9(7-10)14-12-11(13)15-18-16-12/h4-8H,3H2,1-2H3,(H,14,16). The van der Waals surface area contributed by atoms with Crippen LogP contribution in [0.2, 0.25) is 5.15 Å². The van der Waals surface area contributed by atoms with Gasteiger partial charge in [-0.15, -0.1) is 0 Å². The lowest BCUT2D eigenvalue weighted by molar-refractivity contribution is 0.217. The van der Waals surface area contributed by atoms with Crippen LogP contribution >= 0.6 is 23.3 Å². The molecule has 1 N–H and O–H groups in total. The van der Waals surface area contributed by atoms with Crippen LogP contribution in [0.25, 0.3) is 0 Å². The number of hydrogen-bond donors (Lipinski definition) is 1. The number of hydrogen-bond acceptors (Lipinski definition) is 5. The summed E-state index contributed by atoms with van der Waals surface area (Å²) >= 11 is 6.96. The molecule has 96 valence electrons. The Morgan fingerprint density at radius 3 is 2.94 bits per heavy atom. The van der Waals surface area contributed by atoms with E-state index in [1.165, 1.54) is 0 Å². The van der Waals surface area contributed by atoms with Crippen LogP contribution in [0.3, 0.4) is 0 Å². The van der Waals surface area contributed by atoms with E-state index >= 15 is 0 Å². The maximum atomic E-state index is 5.88. The minimum Gasteiger partial charge on any atom is -0.491 e. The lowest BCUT2D eigenvalue weighted by Crippen LogP contribution is -2.09. The second-order valence-electron chi connectivity index (χ2n) is 3.89. The number of halogens is 1. The maximum Gasteiger partial charge on any atom is 0.187 e. The van der Waals surface area contributed by atoms with Gasteiger partial charge in [0, 0.05) is 11.8 Å². The van der Waals surface area contributed by atoms with Gasteiger partial charge < -0.3 is 10.1 Å². The Morgan fingerprint density at radius 2 is 2.28 bits per heavy atom. The van der Waals surface area contributed by atoms with Gasteiger partial charge in [0.1, 0.15) is 5.75 Å². The molecule has 0 fully saturated rings. The van der Waals surface area contributed by atoms with Crippen LogP contribution in [0.1, 0.15) is 20.3 Å². The van der Waals surface area contributed by atoms with Crippen molar-refractivity contribution in [3.63, 3.8) is 0 Å². The van der Waals surface area contributed by atoms with E-state index in [1.54, 1.807) is 0 Å². The highest BCUT2D eigenvalue weighted by molar-refractivity contribution is 6.99. The molecule has 2 rings (SSSR count). The van der Waals surface area contributed by atoms with E-state index in [-0.39, 0.29) is 6.10 Å². The average Bonchev–Trinajstić information content (AvgIpc) is 2.75. The highest BCUT2D eigenvalue weighted by atomic mass is 35.5. The summed E-state index contributed by atoms with van der Waals surface area (Å²) < 4.78 is 13.7. The number of anilines is 2. The molecule has 1 unspecified atom stereocenters. The van der Waals surface area contributed by atoms with Gasteiger partial charge in [0.25, 0.3) is 0 Å². The first kappa shape index (κ1) is 13.1. The molecule has 1 aromatic carbocycles. The summed E-state index contributed by atoms with van der Waals surface area (Å²) in [6, 6.07) is 7.70. The molecule has 0 saturated heterocycles. The van der Waals surface area contributed by atoms with E-state index in [0.717, 1.165) is 29.6 Å². The first-order chi connectivity index (χ1) is 8.69. The van der Waals surface area contributed by atoms with Crippen molar-refractivity contribution in [1.29, 1.82) is 0 Å². The van der Waals surface area contributed by atoms with E-state index in [1.807, 2.05) is 31.2 Å². The zero-order chi connectivity index (χ0) is 13.0. The Morgan fingerprint density at radius 1 is 1.44 bits per heavy atom. The SMILES string of the molecule is CCC(C)Oc1cccc(Nc2nsnc2Cl)c1. The van der Waals surface area contributed by atoms with Crippen molar-refractivity contribution in [2.24, 2.45) is 0 Å². The van der Waals surface area contributed by atoms with Crippen LogP contribution in [-0.4, -0.2) is 14.9 Å². The zero-order valence-corrected chi connectivity index (χ0v) is 11.8. The summed E-state index contributed by atoms with van der Waals surface area (Å²) in [6.45, 7) is 4.13. The molecular formula is C12H14ClN3OS.